The lowest BCUT2D eigenvalue weighted by atomic mass is 10.0. The van der Waals surface area contributed by atoms with Gasteiger partial charge in [-0.25, -0.2) is 5.01 Å². The van der Waals surface area contributed by atoms with Crippen molar-refractivity contribution < 1.29 is 9.21 Å². The molecule has 1 aliphatic heterocycles. The van der Waals surface area contributed by atoms with Crippen LogP contribution in [0.3, 0.4) is 0 Å². The van der Waals surface area contributed by atoms with E-state index in [2.05, 4.69) is 23.8 Å². The van der Waals surface area contributed by atoms with Gasteiger partial charge in [0.15, 0.2) is 0 Å². The fourth-order valence-electron chi connectivity index (χ4n) is 2.99. The molecule has 0 aliphatic carbocycles. The maximum absolute atomic E-state index is 12.9. The van der Waals surface area contributed by atoms with Crippen LogP contribution in [-0.2, 0) is 4.79 Å². The van der Waals surface area contributed by atoms with Gasteiger partial charge < -0.3 is 4.42 Å². The quantitative estimate of drug-likeness (QED) is 0.784. The van der Waals surface area contributed by atoms with E-state index in [1.165, 1.54) is 0 Å². The third kappa shape index (κ3) is 3.94. The first-order valence-corrected chi connectivity index (χ1v) is 8.91. The van der Waals surface area contributed by atoms with Gasteiger partial charge in [-0.15, -0.1) is 0 Å². The number of carbonyl (C=O) groups is 1. The van der Waals surface area contributed by atoms with Crippen LogP contribution < -0.4 is 0 Å². The zero-order valence-electron chi connectivity index (χ0n) is 14.5. The molecular weight excluding hydrogens is 338 g/mol. The Morgan fingerprint density at radius 1 is 1.28 bits per heavy atom. The maximum atomic E-state index is 12.9. The molecule has 0 radical (unpaired) electrons. The molecule has 0 N–H and O–H groups in total. The summed E-state index contributed by atoms with van der Waals surface area (Å²) in [5, 5.41) is 6.85. The Morgan fingerprint density at radius 3 is 2.60 bits per heavy atom. The fraction of sp³-hybridized carbons (Fsp3) is 0.368. The van der Waals surface area contributed by atoms with Crippen molar-refractivity contribution >= 4 is 23.2 Å². The van der Waals surface area contributed by atoms with E-state index in [9.17, 15) is 4.79 Å². The van der Waals surface area contributed by atoms with Crippen LogP contribution in [0.1, 0.15) is 37.6 Å². The minimum absolute atomic E-state index is 0.00907. The molecule has 0 bridgehead atoms. The van der Waals surface area contributed by atoms with Crippen molar-refractivity contribution in [3.05, 3.63) is 59.0 Å². The minimum Gasteiger partial charge on any atom is -0.463 e. The van der Waals surface area contributed by atoms with Gasteiger partial charge in [0.05, 0.1) is 18.8 Å². The van der Waals surface area contributed by atoms with E-state index in [4.69, 9.17) is 16.0 Å². The summed E-state index contributed by atoms with van der Waals surface area (Å²) in [4.78, 5) is 14.9. The number of likely N-dealkylation sites (N-methyl/N-ethyl adjacent to an activating group) is 1. The SMILES string of the molecule is CCN(CC)CC(=O)N1N=C(c2ccco2)C[C@@H]1c1ccc(Cl)cc1. The van der Waals surface area contributed by atoms with Crippen molar-refractivity contribution in [1.82, 2.24) is 9.91 Å². The van der Waals surface area contributed by atoms with E-state index in [0.29, 0.717) is 23.7 Å². The second-order valence-electron chi connectivity index (χ2n) is 6.00. The van der Waals surface area contributed by atoms with Crippen LogP contribution in [0.15, 0.2) is 52.2 Å². The van der Waals surface area contributed by atoms with Crippen LogP contribution in [0, 0.1) is 0 Å². The molecule has 6 heteroatoms. The predicted molar refractivity (Wildman–Crippen MR) is 98.7 cm³/mol. The number of amides is 1. The Balaban J connectivity index is 1.87. The summed E-state index contributed by atoms with van der Waals surface area (Å²) in [5.74, 6) is 0.697. The van der Waals surface area contributed by atoms with Gasteiger partial charge in [0.1, 0.15) is 11.5 Å². The molecule has 0 saturated carbocycles. The van der Waals surface area contributed by atoms with Crippen LogP contribution in [0.5, 0.6) is 0 Å². The van der Waals surface area contributed by atoms with Gasteiger partial charge in [-0.05, 0) is 42.9 Å². The Morgan fingerprint density at radius 2 is 2.00 bits per heavy atom. The highest BCUT2D eigenvalue weighted by atomic mass is 35.5. The summed E-state index contributed by atoms with van der Waals surface area (Å²) in [6.07, 6.45) is 2.24. The molecule has 1 amide bonds. The van der Waals surface area contributed by atoms with Crippen LogP contribution in [0.4, 0.5) is 0 Å². The van der Waals surface area contributed by atoms with Crippen molar-refractivity contribution in [3.63, 3.8) is 0 Å². The highest BCUT2D eigenvalue weighted by Gasteiger charge is 2.34. The highest BCUT2D eigenvalue weighted by Crippen LogP contribution is 2.33. The number of furan rings is 1. The van der Waals surface area contributed by atoms with Crippen molar-refractivity contribution in [3.8, 4) is 0 Å². The average molecular weight is 360 g/mol. The van der Waals surface area contributed by atoms with E-state index in [0.717, 1.165) is 24.4 Å². The number of hydrogen-bond acceptors (Lipinski definition) is 4. The van der Waals surface area contributed by atoms with Crippen LogP contribution in [0.25, 0.3) is 0 Å². The zero-order chi connectivity index (χ0) is 17.8. The van der Waals surface area contributed by atoms with Gasteiger partial charge in [-0.3, -0.25) is 9.69 Å². The van der Waals surface area contributed by atoms with Gasteiger partial charge in [0, 0.05) is 11.4 Å². The van der Waals surface area contributed by atoms with Crippen LogP contribution in [-0.4, -0.2) is 41.2 Å². The maximum Gasteiger partial charge on any atom is 0.257 e. The molecule has 132 valence electrons. The second kappa shape index (κ2) is 7.85. The summed E-state index contributed by atoms with van der Waals surface area (Å²) < 4.78 is 5.47. The molecule has 3 rings (SSSR count). The molecule has 0 unspecified atom stereocenters. The van der Waals surface area contributed by atoms with E-state index >= 15 is 0 Å². The molecule has 0 saturated heterocycles. The molecule has 1 aliphatic rings. The predicted octanol–water partition coefficient (Wildman–Crippen LogP) is 3.95. The lowest BCUT2D eigenvalue weighted by Gasteiger charge is -2.25. The fourth-order valence-corrected chi connectivity index (χ4v) is 3.11. The Bertz CT molecular complexity index is 737. The van der Waals surface area contributed by atoms with E-state index < -0.39 is 0 Å². The summed E-state index contributed by atoms with van der Waals surface area (Å²) in [5.41, 5.74) is 1.81. The Hall–Kier alpha value is -2.11. The molecule has 0 fully saturated rings. The van der Waals surface area contributed by atoms with Crippen LogP contribution in [0.2, 0.25) is 5.02 Å². The first-order chi connectivity index (χ1) is 12.1. The summed E-state index contributed by atoms with van der Waals surface area (Å²) in [7, 11) is 0. The molecule has 2 heterocycles. The summed E-state index contributed by atoms with van der Waals surface area (Å²) in [6, 6.07) is 11.1. The van der Waals surface area contributed by atoms with Gasteiger partial charge in [-0.2, -0.15) is 5.10 Å². The van der Waals surface area contributed by atoms with Crippen molar-refractivity contribution in [1.29, 1.82) is 0 Å². The molecule has 0 spiro atoms. The molecule has 1 aromatic heterocycles. The van der Waals surface area contributed by atoms with E-state index in [1.54, 1.807) is 11.3 Å². The molecule has 5 nitrogen and oxygen atoms in total. The number of halogens is 1. The summed E-state index contributed by atoms with van der Waals surface area (Å²) >= 11 is 6.00. The lowest BCUT2D eigenvalue weighted by Crippen LogP contribution is -2.38. The van der Waals surface area contributed by atoms with Crippen molar-refractivity contribution in [2.75, 3.05) is 19.6 Å². The Labute approximate surface area is 152 Å². The van der Waals surface area contributed by atoms with Gasteiger partial charge in [0.2, 0.25) is 0 Å². The van der Waals surface area contributed by atoms with Gasteiger partial charge >= 0.3 is 0 Å². The minimum atomic E-state index is -0.138. The molecule has 2 aromatic rings. The number of rotatable bonds is 6. The normalized spacial score (nSPS) is 17.2. The molecule has 25 heavy (non-hydrogen) atoms. The monoisotopic (exact) mass is 359 g/mol. The number of carbonyl (C=O) groups excluding carboxylic acids is 1. The number of nitrogens with zero attached hydrogens (tertiary/aromatic N) is 3. The standard InChI is InChI=1S/C19H22ClN3O2/c1-3-22(4-2)13-19(24)23-17(14-7-9-15(20)10-8-14)12-16(21-23)18-6-5-11-25-18/h5-11,17H,3-4,12-13H2,1-2H3/t17-/m1/s1. The van der Waals surface area contributed by atoms with Crippen molar-refractivity contribution in [2.24, 2.45) is 5.10 Å². The largest absolute Gasteiger partial charge is 0.463 e. The third-order valence-corrected chi connectivity index (χ3v) is 4.73. The third-order valence-electron chi connectivity index (χ3n) is 4.48. The van der Waals surface area contributed by atoms with E-state index in [-0.39, 0.29) is 11.9 Å². The summed E-state index contributed by atoms with van der Waals surface area (Å²) in [6.45, 7) is 6.11. The lowest BCUT2D eigenvalue weighted by molar-refractivity contribution is -0.134. The second-order valence-corrected chi connectivity index (χ2v) is 6.43. The van der Waals surface area contributed by atoms with Gasteiger partial charge in [-0.1, -0.05) is 37.6 Å². The van der Waals surface area contributed by atoms with E-state index in [1.807, 2.05) is 36.4 Å². The first kappa shape index (κ1) is 17.7. The zero-order valence-corrected chi connectivity index (χ0v) is 15.2. The highest BCUT2D eigenvalue weighted by molar-refractivity contribution is 6.30. The van der Waals surface area contributed by atoms with Crippen LogP contribution >= 0.6 is 11.6 Å². The number of hydrazone groups is 1. The van der Waals surface area contributed by atoms with Crippen molar-refractivity contribution in [2.45, 2.75) is 26.3 Å². The smallest absolute Gasteiger partial charge is 0.257 e. The molecule has 1 atom stereocenters. The average Bonchev–Trinajstić information content (AvgIpc) is 3.29. The number of benzene rings is 1. The Kier molecular flexibility index (Phi) is 5.56. The number of hydrogen-bond donors (Lipinski definition) is 0. The molecule has 1 aromatic carbocycles. The first-order valence-electron chi connectivity index (χ1n) is 8.53. The van der Waals surface area contributed by atoms with Gasteiger partial charge in [0.25, 0.3) is 5.91 Å². The molecular formula is C19H22ClN3O2. The topological polar surface area (TPSA) is 49.1 Å².